The van der Waals surface area contributed by atoms with Gasteiger partial charge in [0.25, 0.3) is 18.3 Å². The van der Waals surface area contributed by atoms with Crippen LogP contribution in [0.1, 0.15) is 21.7 Å². The van der Waals surface area contributed by atoms with E-state index in [2.05, 4.69) is 15.6 Å². The zero-order valence-corrected chi connectivity index (χ0v) is 16.7. The molecule has 2 aliphatic rings. The highest BCUT2D eigenvalue weighted by Crippen LogP contribution is 2.35. The average molecular weight is 436 g/mol. The maximum absolute atomic E-state index is 13.0. The molecule has 0 saturated carbocycles. The first kappa shape index (κ1) is 19.5. The number of methoxy groups -OCH3 is 1. The van der Waals surface area contributed by atoms with Crippen LogP contribution in [0.15, 0.2) is 40.8 Å². The van der Waals surface area contributed by atoms with E-state index in [-0.39, 0.29) is 37.1 Å². The fourth-order valence-corrected chi connectivity index (χ4v) is 3.97. The van der Waals surface area contributed by atoms with E-state index in [1.54, 1.807) is 18.2 Å². The molecule has 1 saturated heterocycles. The van der Waals surface area contributed by atoms with Crippen LogP contribution in [0.5, 0.6) is 11.6 Å². The predicted octanol–water partition coefficient (Wildman–Crippen LogP) is 1.06. The molecule has 32 heavy (non-hydrogen) atoms. The number of carbonyl (C=O) groups is 4. The normalized spacial score (nSPS) is 19.7. The fourth-order valence-electron chi connectivity index (χ4n) is 3.97. The first-order chi connectivity index (χ1) is 15.4. The number of hydrogen-bond donors (Lipinski definition) is 2. The summed E-state index contributed by atoms with van der Waals surface area (Å²) in [5.74, 6) is -0.284. The Labute approximate surface area is 180 Å². The molecule has 3 aromatic rings. The van der Waals surface area contributed by atoms with Gasteiger partial charge < -0.3 is 24.1 Å². The summed E-state index contributed by atoms with van der Waals surface area (Å²) in [6.07, 6.45) is 0. The number of urea groups is 1. The van der Waals surface area contributed by atoms with Crippen molar-refractivity contribution in [1.82, 2.24) is 20.5 Å². The van der Waals surface area contributed by atoms with Gasteiger partial charge in [0, 0.05) is 24.2 Å². The lowest BCUT2D eigenvalue weighted by molar-refractivity contribution is -0.125. The monoisotopic (exact) mass is 436 g/mol. The van der Waals surface area contributed by atoms with E-state index in [1.165, 1.54) is 30.2 Å². The van der Waals surface area contributed by atoms with Crippen molar-refractivity contribution in [1.29, 1.82) is 0 Å². The van der Waals surface area contributed by atoms with Gasteiger partial charge in [-0.25, -0.2) is 9.78 Å². The van der Waals surface area contributed by atoms with Crippen molar-refractivity contribution in [3.8, 4) is 11.6 Å². The number of fused-ring (bicyclic) bond motifs is 2. The summed E-state index contributed by atoms with van der Waals surface area (Å²) < 4.78 is 15.8. The van der Waals surface area contributed by atoms with Crippen LogP contribution >= 0.6 is 0 Å². The molecule has 2 aromatic heterocycles. The second kappa shape index (κ2) is 7.08. The Morgan fingerprint density at radius 2 is 2.06 bits per heavy atom. The number of furan rings is 1. The van der Waals surface area contributed by atoms with Gasteiger partial charge in [-0.3, -0.25) is 19.7 Å². The van der Waals surface area contributed by atoms with Gasteiger partial charge in [0.2, 0.25) is 5.88 Å². The SMILES string of the molecule is COc1ccc2c(c1)C(=O)N(C[C@@]1(c3cc4nc(OC=O)ccc4o3)NC(=O)NC1=O)C2. The first-order valence-electron chi connectivity index (χ1n) is 9.54. The van der Waals surface area contributed by atoms with Crippen LogP contribution in [0.3, 0.4) is 0 Å². The number of amides is 4. The number of nitrogens with zero attached hydrogens (tertiary/aromatic N) is 2. The summed E-state index contributed by atoms with van der Waals surface area (Å²) in [6, 6.07) is 8.88. The third-order valence-corrected chi connectivity index (χ3v) is 5.50. The number of ether oxygens (including phenoxy) is 2. The van der Waals surface area contributed by atoms with Crippen LogP contribution in [0, 0.1) is 0 Å². The number of carbonyl (C=O) groups excluding carboxylic acids is 4. The summed E-state index contributed by atoms with van der Waals surface area (Å²) in [5, 5.41) is 4.82. The van der Waals surface area contributed by atoms with Gasteiger partial charge in [-0.05, 0) is 23.8 Å². The number of hydrogen-bond acceptors (Lipinski definition) is 8. The second-order valence-corrected chi connectivity index (χ2v) is 7.36. The van der Waals surface area contributed by atoms with Gasteiger partial charge in [0.15, 0.2) is 11.1 Å². The molecule has 0 radical (unpaired) electrons. The quantitative estimate of drug-likeness (QED) is 0.432. The van der Waals surface area contributed by atoms with Crippen molar-refractivity contribution in [3.63, 3.8) is 0 Å². The Morgan fingerprint density at radius 3 is 2.78 bits per heavy atom. The molecule has 4 heterocycles. The van der Waals surface area contributed by atoms with Crippen molar-refractivity contribution >= 4 is 35.4 Å². The van der Waals surface area contributed by atoms with Gasteiger partial charge >= 0.3 is 6.03 Å². The molecule has 11 heteroatoms. The molecule has 2 N–H and O–H groups in total. The van der Waals surface area contributed by atoms with E-state index in [4.69, 9.17) is 13.9 Å². The van der Waals surface area contributed by atoms with Crippen LogP contribution < -0.4 is 20.1 Å². The molecule has 1 fully saturated rings. The molecule has 1 aromatic carbocycles. The lowest BCUT2D eigenvalue weighted by Gasteiger charge is -2.28. The van der Waals surface area contributed by atoms with Crippen molar-refractivity contribution in [2.75, 3.05) is 13.7 Å². The third kappa shape index (κ3) is 2.94. The number of nitrogens with one attached hydrogen (secondary N) is 2. The summed E-state index contributed by atoms with van der Waals surface area (Å²) in [6.45, 7) is 0.323. The Hall–Kier alpha value is -4.41. The van der Waals surface area contributed by atoms with Crippen molar-refractivity contribution < 1.29 is 33.1 Å². The van der Waals surface area contributed by atoms with E-state index in [0.29, 0.717) is 22.4 Å². The van der Waals surface area contributed by atoms with Crippen LogP contribution in [0.25, 0.3) is 11.1 Å². The summed E-state index contributed by atoms with van der Waals surface area (Å²) in [5.41, 5.74) is 0.204. The Bertz CT molecular complexity index is 1300. The summed E-state index contributed by atoms with van der Waals surface area (Å²) in [7, 11) is 1.51. The van der Waals surface area contributed by atoms with Gasteiger partial charge in [-0.1, -0.05) is 6.07 Å². The largest absolute Gasteiger partial charge is 0.497 e. The molecule has 0 spiro atoms. The zero-order chi connectivity index (χ0) is 22.5. The number of benzene rings is 1. The van der Waals surface area contributed by atoms with Crippen LogP contribution in [-0.4, -0.2) is 47.9 Å². The highest BCUT2D eigenvalue weighted by molar-refractivity contribution is 6.08. The van der Waals surface area contributed by atoms with E-state index in [9.17, 15) is 19.2 Å². The molecule has 11 nitrogen and oxygen atoms in total. The van der Waals surface area contributed by atoms with E-state index in [1.807, 2.05) is 0 Å². The highest BCUT2D eigenvalue weighted by atomic mass is 16.5. The molecule has 0 bridgehead atoms. The zero-order valence-electron chi connectivity index (χ0n) is 16.7. The molecule has 0 unspecified atom stereocenters. The Morgan fingerprint density at radius 1 is 1.22 bits per heavy atom. The standard InChI is InChI=1S/C21H16N4O7/c1-30-12-3-2-11-8-25(18(27)13(11)6-12)9-21(19(28)23-20(29)24-21)16-7-14-15(32-16)4-5-17(22-14)31-10-26/h2-7,10H,8-9H2,1H3,(H2,23,24,28,29)/t21-/m0/s1. The van der Waals surface area contributed by atoms with Gasteiger partial charge in [0.05, 0.1) is 13.7 Å². The number of pyridine rings is 1. The number of rotatable bonds is 6. The van der Waals surface area contributed by atoms with E-state index >= 15 is 0 Å². The third-order valence-electron chi connectivity index (χ3n) is 5.50. The molecule has 1 atom stereocenters. The minimum absolute atomic E-state index is 0.0490. The molecule has 4 amide bonds. The fraction of sp³-hybridized carbons (Fsp3) is 0.190. The lowest BCUT2D eigenvalue weighted by atomic mass is 9.95. The van der Waals surface area contributed by atoms with Crippen molar-refractivity contribution in [2.45, 2.75) is 12.1 Å². The average Bonchev–Trinajstić information content (AvgIpc) is 3.42. The van der Waals surface area contributed by atoms with Gasteiger partial charge in [-0.15, -0.1) is 0 Å². The number of aromatic nitrogens is 1. The van der Waals surface area contributed by atoms with Crippen molar-refractivity contribution in [3.05, 3.63) is 53.3 Å². The molecular formula is C21H16N4O7. The molecule has 162 valence electrons. The van der Waals surface area contributed by atoms with Crippen LogP contribution in [0.2, 0.25) is 0 Å². The predicted molar refractivity (Wildman–Crippen MR) is 107 cm³/mol. The molecular weight excluding hydrogens is 420 g/mol. The first-order valence-corrected chi connectivity index (χ1v) is 9.54. The minimum atomic E-state index is -1.66. The van der Waals surface area contributed by atoms with E-state index in [0.717, 1.165) is 5.56 Å². The van der Waals surface area contributed by atoms with E-state index < -0.39 is 17.5 Å². The Kier molecular flexibility index (Phi) is 4.33. The maximum atomic E-state index is 13.0. The molecule has 5 rings (SSSR count). The number of imide groups is 1. The summed E-state index contributed by atoms with van der Waals surface area (Å²) in [4.78, 5) is 54.2. The maximum Gasteiger partial charge on any atom is 0.322 e. The molecule has 0 aliphatic carbocycles. The molecule has 2 aliphatic heterocycles. The Balaban J connectivity index is 1.53. The smallest absolute Gasteiger partial charge is 0.322 e. The topological polar surface area (TPSA) is 140 Å². The van der Waals surface area contributed by atoms with Gasteiger partial charge in [-0.2, -0.15) is 0 Å². The summed E-state index contributed by atoms with van der Waals surface area (Å²) >= 11 is 0. The second-order valence-electron chi connectivity index (χ2n) is 7.36. The minimum Gasteiger partial charge on any atom is -0.497 e. The highest BCUT2D eigenvalue weighted by Gasteiger charge is 2.53. The lowest BCUT2D eigenvalue weighted by Crippen LogP contribution is -2.52. The van der Waals surface area contributed by atoms with Crippen LogP contribution in [0.4, 0.5) is 4.79 Å². The van der Waals surface area contributed by atoms with Gasteiger partial charge in [0.1, 0.15) is 17.0 Å². The van der Waals surface area contributed by atoms with Crippen molar-refractivity contribution in [2.24, 2.45) is 0 Å². The van der Waals surface area contributed by atoms with Crippen LogP contribution in [-0.2, 0) is 21.7 Å².